The fraction of sp³-hybridized carbons (Fsp3) is 0.296. The van der Waals surface area contributed by atoms with Crippen molar-refractivity contribution >= 4 is 41.0 Å². The Balaban J connectivity index is 1.70. The van der Waals surface area contributed by atoms with Gasteiger partial charge in [0, 0.05) is 29.3 Å². The second-order valence-corrected chi connectivity index (χ2v) is 9.81. The molecule has 5 rings (SSSR count). The lowest BCUT2D eigenvalue weighted by Gasteiger charge is -2.35. The van der Waals surface area contributed by atoms with Crippen LogP contribution in [0.4, 0.5) is 4.79 Å². The van der Waals surface area contributed by atoms with Crippen molar-refractivity contribution in [2.75, 3.05) is 26.2 Å². The number of amidine groups is 1. The van der Waals surface area contributed by atoms with Gasteiger partial charge in [0.15, 0.2) is 0 Å². The number of halogens is 2. The predicted octanol–water partition coefficient (Wildman–Crippen LogP) is 4.59. The molecule has 0 spiro atoms. The van der Waals surface area contributed by atoms with E-state index in [2.05, 4.69) is 15.3 Å². The van der Waals surface area contributed by atoms with Gasteiger partial charge in [0.1, 0.15) is 24.2 Å². The van der Waals surface area contributed by atoms with Crippen LogP contribution in [0.2, 0.25) is 10.0 Å². The number of aryl methyl sites for hydroxylation is 1. The number of nitrogens with one attached hydrogen (secondary N) is 1. The average molecular weight is 553 g/mol. The Labute approximate surface area is 230 Å². The summed E-state index contributed by atoms with van der Waals surface area (Å²) >= 11 is 12.4. The van der Waals surface area contributed by atoms with Crippen molar-refractivity contribution in [3.05, 3.63) is 87.3 Å². The molecule has 1 saturated heterocycles. The summed E-state index contributed by atoms with van der Waals surface area (Å²) in [6, 6.07) is 13.3. The van der Waals surface area contributed by atoms with Crippen molar-refractivity contribution in [3.8, 4) is 5.88 Å². The first-order chi connectivity index (χ1) is 18.4. The minimum absolute atomic E-state index is 0.0513. The van der Waals surface area contributed by atoms with Crippen LogP contribution >= 0.6 is 23.2 Å². The smallest absolute Gasteiger partial charge is 0.326 e. The van der Waals surface area contributed by atoms with Crippen LogP contribution in [0.5, 0.6) is 5.88 Å². The molecule has 0 bridgehead atoms. The van der Waals surface area contributed by atoms with Gasteiger partial charge in [0.05, 0.1) is 18.2 Å². The van der Waals surface area contributed by atoms with Crippen molar-refractivity contribution in [1.82, 2.24) is 25.1 Å². The van der Waals surface area contributed by atoms with E-state index in [0.717, 1.165) is 11.1 Å². The number of carbonyl (C=O) groups is 2. The van der Waals surface area contributed by atoms with E-state index in [9.17, 15) is 9.59 Å². The number of rotatable bonds is 5. The maximum atomic E-state index is 14.2. The second kappa shape index (κ2) is 11.0. The summed E-state index contributed by atoms with van der Waals surface area (Å²) in [5, 5.41) is 3.94. The van der Waals surface area contributed by atoms with E-state index in [1.165, 1.54) is 4.90 Å². The first kappa shape index (κ1) is 25.9. The summed E-state index contributed by atoms with van der Waals surface area (Å²) < 4.78 is 5.85. The Morgan fingerprint density at radius 1 is 1.08 bits per heavy atom. The zero-order valence-corrected chi connectivity index (χ0v) is 22.4. The lowest BCUT2D eigenvalue weighted by Crippen LogP contribution is -2.55. The van der Waals surface area contributed by atoms with Crippen LogP contribution in [0, 0.1) is 6.92 Å². The molecular formula is C27H26Cl2N6O3. The number of benzene rings is 2. The van der Waals surface area contributed by atoms with E-state index < -0.39 is 12.1 Å². The summed E-state index contributed by atoms with van der Waals surface area (Å²) in [6.45, 7) is 4.69. The van der Waals surface area contributed by atoms with Crippen LogP contribution in [0.15, 0.2) is 59.7 Å². The fourth-order valence-corrected chi connectivity index (χ4v) is 4.91. The number of amides is 3. The van der Waals surface area contributed by atoms with E-state index in [4.69, 9.17) is 32.9 Å². The molecule has 9 nitrogen and oxygen atoms in total. The number of hydrogen-bond donors (Lipinski definition) is 1. The Bertz CT molecular complexity index is 1380. The second-order valence-electron chi connectivity index (χ2n) is 8.94. The molecule has 0 aliphatic carbocycles. The number of ether oxygens (including phenoxy) is 1. The third kappa shape index (κ3) is 5.16. The summed E-state index contributed by atoms with van der Waals surface area (Å²) in [7, 11) is 0. The lowest BCUT2D eigenvalue weighted by molar-refractivity contribution is -0.123. The van der Waals surface area contributed by atoms with Crippen LogP contribution in [0.25, 0.3) is 0 Å². The normalized spacial score (nSPS) is 19.3. The Morgan fingerprint density at radius 3 is 2.37 bits per heavy atom. The van der Waals surface area contributed by atoms with Crippen LogP contribution in [-0.4, -0.2) is 63.8 Å². The van der Waals surface area contributed by atoms with Crippen molar-refractivity contribution < 1.29 is 14.3 Å². The fourth-order valence-electron chi connectivity index (χ4n) is 4.66. The molecule has 1 fully saturated rings. The molecule has 0 saturated carbocycles. The number of piperazine rings is 1. The SMILES string of the molecule is CCOc1nc(C)ncc1C1=N[C@H](c2ccc(Cl)cc2)[C@H](c2ccc(Cl)cc2)N1C(=O)N1CCNC(=O)C1. The Kier molecular flexibility index (Phi) is 7.49. The molecule has 38 heavy (non-hydrogen) atoms. The Hall–Kier alpha value is -3.69. The van der Waals surface area contributed by atoms with E-state index in [-0.39, 0.29) is 18.5 Å². The molecule has 196 valence electrons. The molecular weight excluding hydrogens is 527 g/mol. The molecule has 3 heterocycles. The summed E-state index contributed by atoms with van der Waals surface area (Å²) in [4.78, 5) is 43.5. The molecule has 1 N–H and O–H groups in total. The molecule has 11 heteroatoms. The first-order valence-electron chi connectivity index (χ1n) is 12.3. The maximum Gasteiger partial charge on any atom is 0.326 e. The molecule has 0 radical (unpaired) electrons. The van der Waals surface area contributed by atoms with Gasteiger partial charge in [-0.3, -0.25) is 14.7 Å². The van der Waals surface area contributed by atoms with E-state index in [1.54, 1.807) is 42.3 Å². The largest absolute Gasteiger partial charge is 0.477 e. The highest BCUT2D eigenvalue weighted by Gasteiger charge is 2.45. The number of nitrogens with zero attached hydrogens (tertiary/aromatic N) is 5. The zero-order valence-electron chi connectivity index (χ0n) is 20.9. The minimum atomic E-state index is -0.545. The van der Waals surface area contributed by atoms with Crippen molar-refractivity contribution in [2.45, 2.75) is 25.9 Å². The van der Waals surface area contributed by atoms with Gasteiger partial charge in [-0.1, -0.05) is 47.5 Å². The van der Waals surface area contributed by atoms with Crippen LogP contribution in [-0.2, 0) is 4.79 Å². The summed E-state index contributed by atoms with van der Waals surface area (Å²) in [6.07, 6.45) is 1.62. The van der Waals surface area contributed by atoms with Gasteiger partial charge in [-0.05, 0) is 49.2 Å². The topological polar surface area (TPSA) is 100 Å². The van der Waals surface area contributed by atoms with Gasteiger partial charge in [0.2, 0.25) is 11.8 Å². The minimum Gasteiger partial charge on any atom is -0.477 e. The van der Waals surface area contributed by atoms with E-state index in [0.29, 0.717) is 52.8 Å². The highest BCUT2D eigenvalue weighted by atomic mass is 35.5. The molecule has 2 aliphatic rings. The van der Waals surface area contributed by atoms with Gasteiger partial charge < -0.3 is 15.0 Å². The third-order valence-electron chi connectivity index (χ3n) is 6.40. The molecule has 1 aromatic heterocycles. The number of aliphatic imine (C=N–C) groups is 1. The number of aromatic nitrogens is 2. The molecule has 0 unspecified atom stereocenters. The Morgan fingerprint density at radius 2 is 1.74 bits per heavy atom. The highest BCUT2D eigenvalue weighted by molar-refractivity contribution is 6.30. The number of urea groups is 1. The first-order valence-corrected chi connectivity index (χ1v) is 13.0. The van der Waals surface area contributed by atoms with Gasteiger partial charge in [-0.25, -0.2) is 9.78 Å². The number of carbonyl (C=O) groups excluding carboxylic acids is 2. The van der Waals surface area contributed by atoms with Gasteiger partial charge in [0.25, 0.3) is 0 Å². The van der Waals surface area contributed by atoms with E-state index in [1.807, 2.05) is 31.2 Å². The van der Waals surface area contributed by atoms with Crippen molar-refractivity contribution in [3.63, 3.8) is 0 Å². The van der Waals surface area contributed by atoms with Crippen LogP contribution < -0.4 is 10.1 Å². The van der Waals surface area contributed by atoms with Crippen molar-refractivity contribution in [1.29, 1.82) is 0 Å². The number of hydrogen-bond acceptors (Lipinski definition) is 6. The van der Waals surface area contributed by atoms with Gasteiger partial charge in [-0.2, -0.15) is 4.98 Å². The quantitative estimate of drug-likeness (QED) is 0.499. The third-order valence-corrected chi connectivity index (χ3v) is 6.90. The molecule has 2 atom stereocenters. The lowest BCUT2D eigenvalue weighted by atomic mass is 9.94. The molecule has 2 aromatic carbocycles. The predicted molar refractivity (Wildman–Crippen MR) is 145 cm³/mol. The standard InChI is InChI=1S/C27H26Cl2N6O3/c1-3-38-26-21(14-31-16(2)32-26)25-33-23(17-4-8-19(28)9-5-17)24(18-6-10-20(29)11-7-18)35(25)27(37)34-13-12-30-22(36)15-34/h4-11,14,23-24H,3,12-13,15H2,1-2H3,(H,30,36)/t23-,24+/m1/s1. The molecule has 3 amide bonds. The summed E-state index contributed by atoms with van der Waals surface area (Å²) in [5.41, 5.74) is 2.18. The average Bonchev–Trinajstić information content (AvgIpc) is 3.29. The monoisotopic (exact) mass is 552 g/mol. The summed E-state index contributed by atoms with van der Waals surface area (Å²) in [5.74, 6) is 1.02. The maximum absolute atomic E-state index is 14.2. The van der Waals surface area contributed by atoms with Crippen LogP contribution in [0.1, 0.15) is 41.5 Å². The van der Waals surface area contributed by atoms with Gasteiger partial charge in [-0.15, -0.1) is 0 Å². The highest BCUT2D eigenvalue weighted by Crippen LogP contribution is 2.45. The van der Waals surface area contributed by atoms with Crippen molar-refractivity contribution in [2.24, 2.45) is 4.99 Å². The molecule has 2 aliphatic heterocycles. The zero-order chi connectivity index (χ0) is 26.8. The van der Waals surface area contributed by atoms with Gasteiger partial charge >= 0.3 is 6.03 Å². The molecule has 3 aromatic rings. The van der Waals surface area contributed by atoms with E-state index >= 15 is 0 Å². The van der Waals surface area contributed by atoms with Crippen LogP contribution in [0.3, 0.4) is 0 Å².